The fourth-order valence-electron chi connectivity index (χ4n) is 3.96. The van der Waals surface area contributed by atoms with Crippen LogP contribution in [0, 0.1) is 0 Å². The molecule has 0 aliphatic rings. The van der Waals surface area contributed by atoms with Crippen molar-refractivity contribution in [2.75, 3.05) is 0 Å². The van der Waals surface area contributed by atoms with E-state index in [1.54, 1.807) is 0 Å². The normalized spacial score (nSPS) is 12.9. The third-order valence-electron chi connectivity index (χ3n) is 5.73. The quantitative estimate of drug-likeness (QED) is 0.171. The molecule has 2 unspecified atom stereocenters. The molecule has 5 heteroatoms. The van der Waals surface area contributed by atoms with Crippen LogP contribution in [0.3, 0.4) is 0 Å². The highest BCUT2D eigenvalue weighted by atomic mass is 16.5. The predicted molar refractivity (Wildman–Crippen MR) is 129 cm³/mol. The summed E-state index contributed by atoms with van der Waals surface area (Å²) in [6.45, 7) is 4.21. The van der Waals surface area contributed by atoms with Crippen molar-refractivity contribution in [2.45, 2.75) is 123 Å². The Bertz CT molecular complexity index is 601. The van der Waals surface area contributed by atoms with Crippen LogP contribution in [0.15, 0.2) is 30.3 Å². The Hall–Kier alpha value is -1.88. The average molecular weight is 449 g/mol. The summed E-state index contributed by atoms with van der Waals surface area (Å²) in [5.74, 6) is -1.01. The van der Waals surface area contributed by atoms with E-state index in [0.717, 1.165) is 37.7 Å². The van der Waals surface area contributed by atoms with E-state index in [-0.39, 0.29) is 24.6 Å². The van der Waals surface area contributed by atoms with Crippen LogP contribution in [-0.4, -0.2) is 29.3 Å². The van der Waals surface area contributed by atoms with E-state index in [4.69, 9.17) is 14.6 Å². The zero-order valence-corrected chi connectivity index (χ0v) is 20.2. The van der Waals surface area contributed by atoms with Gasteiger partial charge in [-0.15, -0.1) is 0 Å². The highest BCUT2D eigenvalue weighted by Crippen LogP contribution is 2.21. The van der Waals surface area contributed by atoms with Crippen molar-refractivity contribution in [1.82, 2.24) is 0 Å². The second-order valence-electron chi connectivity index (χ2n) is 8.79. The molecule has 32 heavy (non-hydrogen) atoms. The van der Waals surface area contributed by atoms with Gasteiger partial charge in [0, 0.05) is 19.8 Å². The molecule has 1 aromatic rings. The number of hydrogen-bond donors (Lipinski definition) is 1. The molecule has 0 fully saturated rings. The number of hydrogen-bond acceptors (Lipinski definition) is 4. The summed E-state index contributed by atoms with van der Waals surface area (Å²) in [6.07, 6.45) is 13.7. The van der Waals surface area contributed by atoms with Crippen molar-refractivity contribution >= 4 is 11.9 Å². The third kappa shape index (κ3) is 15.9. The lowest BCUT2D eigenvalue weighted by Gasteiger charge is -2.24. The van der Waals surface area contributed by atoms with Crippen molar-refractivity contribution < 1.29 is 24.2 Å². The largest absolute Gasteiger partial charge is 0.481 e. The van der Waals surface area contributed by atoms with Crippen LogP contribution in [0.5, 0.6) is 0 Å². The monoisotopic (exact) mass is 448 g/mol. The Morgan fingerprint density at radius 3 is 2.06 bits per heavy atom. The minimum absolute atomic E-state index is 0.0533. The molecular weight excluding hydrogens is 404 g/mol. The van der Waals surface area contributed by atoms with E-state index in [9.17, 15) is 9.59 Å². The first-order valence-electron chi connectivity index (χ1n) is 12.6. The smallest absolute Gasteiger partial charge is 0.303 e. The van der Waals surface area contributed by atoms with E-state index in [0.29, 0.717) is 19.4 Å². The van der Waals surface area contributed by atoms with Gasteiger partial charge in [-0.1, -0.05) is 88.6 Å². The molecule has 182 valence electrons. The van der Waals surface area contributed by atoms with E-state index in [2.05, 4.69) is 6.92 Å². The van der Waals surface area contributed by atoms with Crippen molar-refractivity contribution in [3.8, 4) is 0 Å². The lowest BCUT2D eigenvalue weighted by molar-refractivity contribution is -0.149. The second kappa shape index (κ2) is 18.7. The Labute approximate surface area is 194 Å². The minimum atomic E-state index is -0.765. The summed E-state index contributed by atoms with van der Waals surface area (Å²) in [7, 11) is 0. The van der Waals surface area contributed by atoms with Crippen LogP contribution in [0.25, 0.3) is 0 Å². The van der Waals surface area contributed by atoms with Crippen molar-refractivity contribution in [2.24, 2.45) is 0 Å². The lowest BCUT2D eigenvalue weighted by Crippen LogP contribution is -2.25. The number of ether oxygens (including phenoxy) is 2. The molecule has 5 nitrogen and oxygen atoms in total. The number of rotatable bonds is 20. The highest BCUT2D eigenvalue weighted by molar-refractivity contribution is 5.66. The Morgan fingerprint density at radius 1 is 0.844 bits per heavy atom. The van der Waals surface area contributed by atoms with E-state index in [1.165, 1.54) is 45.4 Å². The average Bonchev–Trinajstić information content (AvgIpc) is 2.76. The molecule has 1 aromatic carbocycles. The van der Waals surface area contributed by atoms with Gasteiger partial charge in [0.25, 0.3) is 0 Å². The molecule has 1 N–H and O–H groups in total. The van der Waals surface area contributed by atoms with Crippen molar-refractivity contribution in [1.29, 1.82) is 0 Å². The number of benzene rings is 1. The lowest BCUT2D eigenvalue weighted by atomic mass is 9.99. The molecule has 2 atom stereocenters. The molecule has 0 radical (unpaired) electrons. The van der Waals surface area contributed by atoms with Gasteiger partial charge in [0.1, 0.15) is 6.10 Å². The highest BCUT2D eigenvalue weighted by Gasteiger charge is 2.20. The first kappa shape index (κ1) is 28.2. The Morgan fingerprint density at radius 2 is 1.44 bits per heavy atom. The maximum Gasteiger partial charge on any atom is 0.303 e. The summed E-state index contributed by atoms with van der Waals surface area (Å²) in [5.41, 5.74) is 1.11. The molecule has 0 saturated carbocycles. The van der Waals surface area contributed by atoms with Gasteiger partial charge in [0.2, 0.25) is 0 Å². The van der Waals surface area contributed by atoms with Crippen LogP contribution in [-0.2, 0) is 25.7 Å². The van der Waals surface area contributed by atoms with Gasteiger partial charge < -0.3 is 14.6 Å². The van der Waals surface area contributed by atoms with Gasteiger partial charge >= 0.3 is 11.9 Å². The van der Waals surface area contributed by atoms with Crippen molar-refractivity contribution in [3.05, 3.63) is 35.9 Å². The van der Waals surface area contributed by atoms with Crippen LogP contribution in [0.4, 0.5) is 0 Å². The maximum absolute atomic E-state index is 11.7. The Balaban J connectivity index is 2.50. The summed E-state index contributed by atoms with van der Waals surface area (Å²) < 4.78 is 11.8. The third-order valence-corrected chi connectivity index (χ3v) is 5.73. The number of aliphatic carboxylic acids is 1. The molecule has 0 aliphatic carbocycles. The molecule has 0 aromatic heterocycles. The van der Waals surface area contributed by atoms with E-state index < -0.39 is 5.97 Å². The number of unbranched alkanes of at least 4 members (excludes halogenated alkanes) is 8. The SMILES string of the molecule is CCCCCCCCCCC(CC(CCCCC(=O)O)OCc1ccccc1)OC(C)=O. The number of carbonyl (C=O) groups is 2. The standard InChI is InChI=1S/C27H44O5/c1-3-4-5-6-7-8-9-13-19-26(32-23(2)28)21-25(18-14-15-20-27(29)30)31-22-24-16-11-10-12-17-24/h10-12,16-17,25-26H,3-9,13-15,18-22H2,1-2H3,(H,29,30). The van der Waals surface area contributed by atoms with Gasteiger partial charge in [0.05, 0.1) is 12.7 Å². The number of esters is 1. The molecule has 0 aliphatic heterocycles. The fourth-order valence-corrected chi connectivity index (χ4v) is 3.96. The van der Waals surface area contributed by atoms with Crippen LogP contribution in [0.2, 0.25) is 0 Å². The Kier molecular flexibility index (Phi) is 16.4. The second-order valence-corrected chi connectivity index (χ2v) is 8.79. The van der Waals surface area contributed by atoms with Gasteiger partial charge in [-0.2, -0.15) is 0 Å². The maximum atomic E-state index is 11.7. The van der Waals surface area contributed by atoms with Crippen LogP contribution < -0.4 is 0 Å². The molecule has 0 saturated heterocycles. The summed E-state index contributed by atoms with van der Waals surface area (Å²) in [4.78, 5) is 22.5. The summed E-state index contributed by atoms with van der Waals surface area (Å²) in [6, 6.07) is 10.0. The predicted octanol–water partition coefficient (Wildman–Crippen LogP) is 7.07. The zero-order valence-electron chi connectivity index (χ0n) is 20.2. The first-order valence-corrected chi connectivity index (χ1v) is 12.6. The summed E-state index contributed by atoms with van der Waals surface area (Å²) in [5, 5.41) is 8.89. The zero-order chi connectivity index (χ0) is 23.4. The van der Waals surface area contributed by atoms with Gasteiger partial charge in [-0.05, 0) is 31.2 Å². The number of carboxylic acids is 1. The topological polar surface area (TPSA) is 72.8 Å². The molecule has 0 amide bonds. The fraction of sp³-hybridized carbons (Fsp3) is 0.704. The molecule has 0 heterocycles. The summed E-state index contributed by atoms with van der Waals surface area (Å²) >= 11 is 0. The number of carbonyl (C=O) groups excluding carboxylic acids is 1. The van der Waals surface area contributed by atoms with E-state index in [1.807, 2.05) is 30.3 Å². The molecule has 0 spiro atoms. The molecular formula is C27H44O5. The van der Waals surface area contributed by atoms with Gasteiger partial charge in [-0.3, -0.25) is 9.59 Å². The minimum Gasteiger partial charge on any atom is -0.481 e. The van der Waals surface area contributed by atoms with Crippen LogP contribution >= 0.6 is 0 Å². The van der Waals surface area contributed by atoms with Crippen LogP contribution in [0.1, 0.15) is 109 Å². The molecule has 1 rings (SSSR count). The van der Waals surface area contributed by atoms with Gasteiger partial charge in [-0.25, -0.2) is 0 Å². The first-order chi connectivity index (χ1) is 15.5. The number of carboxylic acid groups (broad SMARTS) is 1. The van der Waals surface area contributed by atoms with E-state index >= 15 is 0 Å². The van der Waals surface area contributed by atoms with Gasteiger partial charge in [0.15, 0.2) is 0 Å². The molecule has 0 bridgehead atoms. The van der Waals surface area contributed by atoms with Crippen molar-refractivity contribution in [3.63, 3.8) is 0 Å².